The molecule has 0 saturated carbocycles. The first-order valence-electron chi connectivity index (χ1n) is 7.80. The van der Waals surface area contributed by atoms with Gasteiger partial charge >= 0.3 is 0 Å². The Bertz CT molecular complexity index is 1120. The summed E-state index contributed by atoms with van der Waals surface area (Å²) in [6, 6.07) is 20.4. The van der Waals surface area contributed by atoms with Crippen LogP contribution in [0.3, 0.4) is 0 Å². The quantitative estimate of drug-likeness (QED) is 0.503. The molecule has 0 aliphatic carbocycles. The Kier molecular flexibility index (Phi) is 3.32. The number of benzene rings is 3. The van der Waals surface area contributed by atoms with Crippen LogP contribution in [0.2, 0.25) is 0 Å². The molecule has 0 radical (unpaired) electrons. The Labute approximate surface area is 142 Å². The first-order chi connectivity index (χ1) is 11.5. The maximum Gasteiger partial charge on any atom is 0.268 e. The fourth-order valence-corrected chi connectivity index (χ4v) is 4.72. The van der Waals surface area contributed by atoms with Crippen LogP contribution in [0.4, 0.5) is 0 Å². The number of fused-ring (bicyclic) bond motifs is 3. The number of hydrogen-bond donors (Lipinski definition) is 0. The summed E-state index contributed by atoms with van der Waals surface area (Å²) in [5.74, 6) is 0. The maximum atomic E-state index is 13.3. The largest absolute Gasteiger partial charge is 0.268 e. The van der Waals surface area contributed by atoms with Gasteiger partial charge in [0.25, 0.3) is 10.0 Å². The van der Waals surface area contributed by atoms with Gasteiger partial charge in [-0.2, -0.15) is 0 Å². The van der Waals surface area contributed by atoms with Crippen molar-refractivity contribution < 1.29 is 8.42 Å². The summed E-state index contributed by atoms with van der Waals surface area (Å²) in [6.07, 6.45) is 0. The molecule has 3 nitrogen and oxygen atoms in total. The molecular formula is C18H15B2NO2S. The van der Waals surface area contributed by atoms with Gasteiger partial charge in [-0.15, -0.1) is 0 Å². The fourth-order valence-electron chi connectivity index (χ4n) is 3.17. The Balaban J connectivity index is 2.19. The predicted molar refractivity (Wildman–Crippen MR) is 105 cm³/mol. The Morgan fingerprint density at radius 3 is 1.71 bits per heavy atom. The third kappa shape index (κ3) is 2.18. The zero-order chi connectivity index (χ0) is 16.9. The van der Waals surface area contributed by atoms with Crippen molar-refractivity contribution in [2.24, 2.45) is 0 Å². The molecule has 6 heteroatoms. The van der Waals surface area contributed by atoms with E-state index >= 15 is 0 Å². The second kappa shape index (κ2) is 5.28. The molecule has 0 aliphatic rings. The van der Waals surface area contributed by atoms with Crippen LogP contribution in [0.5, 0.6) is 0 Å². The van der Waals surface area contributed by atoms with Crippen molar-refractivity contribution >= 4 is 58.4 Å². The minimum Gasteiger partial charge on any atom is -0.233 e. The van der Waals surface area contributed by atoms with Crippen molar-refractivity contribution in [1.82, 2.24) is 3.97 Å². The summed E-state index contributed by atoms with van der Waals surface area (Å²) >= 11 is 0. The highest BCUT2D eigenvalue weighted by atomic mass is 32.2. The standard InChI is InChI=1S/C18H15B2NO2S/c19-12-6-8-17-15(10-12)16-11-13(20)7-9-18(16)21(17)24(22,23)14-4-2-1-3-5-14/h1-11H,19-20H2. The van der Waals surface area contributed by atoms with Crippen molar-refractivity contribution in [3.05, 3.63) is 66.7 Å². The van der Waals surface area contributed by atoms with E-state index in [4.69, 9.17) is 0 Å². The molecule has 4 aromatic rings. The summed E-state index contributed by atoms with van der Waals surface area (Å²) in [5.41, 5.74) is 3.65. The lowest BCUT2D eigenvalue weighted by Gasteiger charge is -2.09. The third-order valence-electron chi connectivity index (χ3n) is 4.31. The van der Waals surface area contributed by atoms with E-state index in [0.29, 0.717) is 15.9 Å². The lowest BCUT2D eigenvalue weighted by Crippen LogP contribution is -2.13. The van der Waals surface area contributed by atoms with E-state index in [0.717, 1.165) is 21.7 Å². The molecule has 1 aromatic heterocycles. The molecule has 3 aromatic carbocycles. The molecule has 0 atom stereocenters. The first kappa shape index (κ1) is 15.1. The minimum atomic E-state index is -3.66. The van der Waals surface area contributed by atoms with Gasteiger partial charge in [-0.05, 0) is 24.3 Å². The molecular weight excluding hydrogens is 316 g/mol. The average molecular weight is 331 g/mol. The van der Waals surface area contributed by atoms with Crippen LogP contribution >= 0.6 is 0 Å². The number of aromatic nitrogens is 1. The molecule has 0 spiro atoms. The number of rotatable bonds is 2. The fraction of sp³-hybridized carbons (Fsp3) is 0. The summed E-state index contributed by atoms with van der Waals surface area (Å²) in [7, 11) is 0.378. The summed E-state index contributed by atoms with van der Waals surface area (Å²) < 4.78 is 28.0. The maximum absolute atomic E-state index is 13.3. The minimum absolute atomic E-state index is 0.296. The molecule has 0 amide bonds. The molecule has 0 bridgehead atoms. The summed E-state index contributed by atoms with van der Waals surface area (Å²) in [4.78, 5) is 0.296. The van der Waals surface area contributed by atoms with Crippen molar-refractivity contribution in [3.8, 4) is 0 Å². The van der Waals surface area contributed by atoms with Gasteiger partial charge in [0.1, 0.15) is 15.7 Å². The van der Waals surface area contributed by atoms with Crippen LogP contribution in [-0.2, 0) is 10.0 Å². The van der Waals surface area contributed by atoms with Gasteiger partial charge in [0.15, 0.2) is 0 Å². The molecule has 0 aliphatic heterocycles. The van der Waals surface area contributed by atoms with E-state index in [1.807, 2.05) is 58.2 Å². The predicted octanol–water partition coefficient (Wildman–Crippen LogP) is 0.548. The molecule has 116 valence electrons. The normalized spacial score (nSPS) is 12.0. The van der Waals surface area contributed by atoms with Gasteiger partial charge in [0.05, 0.1) is 15.9 Å². The molecule has 0 saturated heterocycles. The molecule has 0 unspecified atom stereocenters. The smallest absolute Gasteiger partial charge is 0.233 e. The van der Waals surface area contributed by atoms with Crippen LogP contribution < -0.4 is 10.9 Å². The van der Waals surface area contributed by atoms with E-state index in [1.54, 1.807) is 24.3 Å². The van der Waals surface area contributed by atoms with E-state index in [-0.39, 0.29) is 0 Å². The van der Waals surface area contributed by atoms with E-state index in [2.05, 4.69) is 0 Å². The van der Waals surface area contributed by atoms with E-state index < -0.39 is 10.0 Å². The van der Waals surface area contributed by atoms with E-state index in [1.165, 1.54) is 3.97 Å². The topological polar surface area (TPSA) is 39.1 Å². The second-order valence-electron chi connectivity index (χ2n) is 6.12. The van der Waals surface area contributed by atoms with Crippen LogP contribution in [0.15, 0.2) is 71.6 Å². The van der Waals surface area contributed by atoms with Crippen LogP contribution in [0, 0.1) is 0 Å². The Hall–Kier alpha value is -2.46. The highest BCUT2D eigenvalue weighted by Crippen LogP contribution is 2.31. The summed E-state index contributed by atoms with van der Waals surface area (Å²) in [5, 5.41) is 1.93. The van der Waals surface area contributed by atoms with Crippen LogP contribution in [-0.4, -0.2) is 28.1 Å². The lowest BCUT2D eigenvalue weighted by atomic mass is 9.92. The number of nitrogens with zero attached hydrogens (tertiary/aromatic N) is 1. The number of hydrogen-bond acceptors (Lipinski definition) is 2. The summed E-state index contributed by atoms with van der Waals surface area (Å²) in [6.45, 7) is 0. The van der Waals surface area contributed by atoms with Gasteiger partial charge in [-0.3, -0.25) is 0 Å². The first-order valence-corrected chi connectivity index (χ1v) is 9.24. The van der Waals surface area contributed by atoms with Gasteiger partial charge < -0.3 is 0 Å². The highest BCUT2D eigenvalue weighted by molar-refractivity contribution is 7.90. The zero-order valence-electron chi connectivity index (χ0n) is 13.5. The van der Waals surface area contributed by atoms with Gasteiger partial charge in [-0.1, -0.05) is 53.4 Å². The molecule has 1 heterocycles. The Morgan fingerprint density at radius 2 is 1.21 bits per heavy atom. The zero-order valence-corrected chi connectivity index (χ0v) is 14.3. The van der Waals surface area contributed by atoms with Gasteiger partial charge in [0, 0.05) is 10.8 Å². The van der Waals surface area contributed by atoms with Crippen molar-refractivity contribution in [1.29, 1.82) is 0 Å². The third-order valence-corrected chi connectivity index (χ3v) is 6.06. The second-order valence-corrected chi connectivity index (χ2v) is 7.91. The van der Waals surface area contributed by atoms with Crippen LogP contribution in [0.25, 0.3) is 21.8 Å². The van der Waals surface area contributed by atoms with Crippen molar-refractivity contribution in [3.63, 3.8) is 0 Å². The van der Waals surface area contributed by atoms with Crippen LogP contribution in [0.1, 0.15) is 0 Å². The molecule has 24 heavy (non-hydrogen) atoms. The van der Waals surface area contributed by atoms with Crippen molar-refractivity contribution in [2.45, 2.75) is 4.90 Å². The van der Waals surface area contributed by atoms with Gasteiger partial charge in [-0.25, -0.2) is 12.4 Å². The molecule has 0 fully saturated rings. The van der Waals surface area contributed by atoms with Crippen molar-refractivity contribution in [2.75, 3.05) is 0 Å². The average Bonchev–Trinajstić information content (AvgIpc) is 2.89. The van der Waals surface area contributed by atoms with Gasteiger partial charge in [0.2, 0.25) is 0 Å². The Morgan fingerprint density at radius 1 is 0.708 bits per heavy atom. The van der Waals surface area contributed by atoms with E-state index in [9.17, 15) is 8.42 Å². The highest BCUT2D eigenvalue weighted by Gasteiger charge is 2.22. The SMILES string of the molecule is Bc1ccc2c(c1)c1cc(B)ccc1n2S(=O)(=O)c1ccccc1. The monoisotopic (exact) mass is 331 g/mol. The lowest BCUT2D eigenvalue weighted by molar-refractivity contribution is 0.590. The molecule has 4 rings (SSSR count). The molecule has 0 N–H and O–H groups in total.